The van der Waals surface area contributed by atoms with Crippen molar-refractivity contribution >= 4 is 33.7 Å². The predicted molar refractivity (Wildman–Crippen MR) is 82.6 cm³/mol. The monoisotopic (exact) mass is 314 g/mol. The Bertz CT molecular complexity index is 929. The van der Waals surface area contributed by atoms with Gasteiger partial charge in [0.05, 0.1) is 19.2 Å². The van der Waals surface area contributed by atoms with Crippen molar-refractivity contribution in [2.45, 2.75) is 6.92 Å². The van der Waals surface area contributed by atoms with Crippen molar-refractivity contribution in [1.82, 2.24) is 9.97 Å². The van der Waals surface area contributed by atoms with Gasteiger partial charge in [-0.2, -0.15) is 0 Å². The molecule has 0 spiro atoms. The molecule has 0 saturated carbocycles. The molecule has 0 bridgehead atoms. The fourth-order valence-electron chi connectivity index (χ4n) is 2.42. The number of fused-ring (bicyclic) bond motifs is 3. The predicted octanol–water partition coefficient (Wildman–Crippen LogP) is 2.38. The van der Waals surface area contributed by atoms with Crippen LogP contribution in [0.25, 0.3) is 21.8 Å². The molecule has 7 nitrogen and oxygen atoms in total. The number of hydrogen-bond donors (Lipinski definition) is 2. The van der Waals surface area contributed by atoms with Crippen LogP contribution in [0, 0.1) is 0 Å². The van der Waals surface area contributed by atoms with Crippen molar-refractivity contribution in [3.8, 4) is 5.75 Å². The van der Waals surface area contributed by atoms with Crippen molar-refractivity contribution in [2.75, 3.05) is 13.7 Å². The Morgan fingerprint density at radius 3 is 2.74 bits per heavy atom. The van der Waals surface area contributed by atoms with Crippen LogP contribution in [0.2, 0.25) is 0 Å². The number of phenolic OH excluding ortho intramolecular Hbond substituents is 1. The molecule has 3 rings (SSSR count). The van der Waals surface area contributed by atoms with E-state index in [4.69, 9.17) is 4.74 Å². The average molecular weight is 314 g/mol. The molecule has 0 atom stereocenters. The summed E-state index contributed by atoms with van der Waals surface area (Å²) < 4.78 is 9.58. The molecule has 23 heavy (non-hydrogen) atoms. The molecule has 1 aromatic carbocycles. The van der Waals surface area contributed by atoms with Gasteiger partial charge in [0.25, 0.3) is 0 Å². The van der Waals surface area contributed by atoms with E-state index in [-0.39, 0.29) is 29.3 Å². The number of nitrogens with one attached hydrogen (secondary N) is 1. The van der Waals surface area contributed by atoms with E-state index in [0.717, 1.165) is 0 Å². The Morgan fingerprint density at radius 1 is 1.26 bits per heavy atom. The number of hydrogen-bond acceptors (Lipinski definition) is 6. The minimum absolute atomic E-state index is 0.0888. The number of methoxy groups -OCH3 is 1. The summed E-state index contributed by atoms with van der Waals surface area (Å²) in [5.41, 5.74) is 1.25. The zero-order valence-corrected chi connectivity index (χ0v) is 12.5. The van der Waals surface area contributed by atoms with E-state index in [9.17, 15) is 14.7 Å². The lowest BCUT2D eigenvalue weighted by Gasteiger charge is -2.05. The van der Waals surface area contributed by atoms with Crippen LogP contribution in [0.5, 0.6) is 5.75 Å². The lowest BCUT2D eigenvalue weighted by atomic mass is 10.1. The Kier molecular flexibility index (Phi) is 3.61. The number of esters is 2. The molecule has 0 unspecified atom stereocenters. The molecule has 0 fully saturated rings. The third-order valence-corrected chi connectivity index (χ3v) is 3.44. The third-order valence-electron chi connectivity index (χ3n) is 3.44. The molecular weight excluding hydrogens is 300 g/mol. The van der Waals surface area contributed by atoms with Gasteiger partial charge in [-0.25, -0.2) is 14.6 Å². The number of nitrogens with zero attached hydrogens (tertiary/aromatic N) is 1. The first-order valence-electron chi connectivity index (χ1n) is 6.96. The van der Waals surface area contributed by atoms with E-state index in [2.05, 4.69) is 14.7 Å². The van der Waals surface area contributed by atoms with Crippen molar-refractivity contribution in [1.29, 1.82) is 0 Å². The Morgan fingerprint density at radius 2 is 2.04 bits per heavy atom. The average Bonchev–Trinajstić information content (AvgIpc) is 2.98. The molecular formula is C16H14N2O5. The van der Waals surface area contributed by atoms with Gasteiger partial charge in [-0.3, -0.25) is 0 Å². The number of aromatic hydroxyl groups is 1. The lowest BCUT2D eigenvalue weighted by Crippen LogP contribution is -2.06. The highest BCUT2D eigenvalue weighted by Crippen LogP contribution is 2.32. The normalized spacial score (nSPS) is 10.9. The summed E-state index contributed by atoms with van der Waals surface area (Å²) in [7, 11) is 1.29. The van der Waals surface area contributed by atoms with Crippen molar-refractivity contribution in [3.05, 3.63) is 35.7 Å². The Labute approximate surface area is 130 Å². The second kappa shape index (κ2) is 5.60. The number of aromatic nitrogens is 2. The van der Waals surface area contributed by atoms with E-state index in [1.54, 1.807) is 19.1 Å². The highest BCUT2D eigenvalue weighted by molar-refractivity contribution is 6.10. The first-order valence-corrected chi connectivity index (χ1v) is 6.96. The van der Waals surface area contributed by atoms with Gasteiger partial charge in [0, 0.05) is 10.8 Å². The molecule has 0 amide bonds. The van der Waals surface area contributed by atoms with Gasteiger partial charge in [-0.15, -0.1) is 0 Å². The second-order valence-corrected chi connectivity index (χ2v) is 4.85. The third kappa shape index (κ3) is 2.46. The summed E-state index contributed by atoms with van der Waals surface area (Å²) in [6.45, 7) is 1.94. The summed E-state index contributed by atoms with van der Waals surface area (Å²) in [6.07, 6.45) is 0. The molecule has 118 valence electrons. The number of aromatic amines is 1. The summed E-state index contributed by atoms with van der Waals surface area (Å²) in [5.74, 6) is -1.16. The minimum atomic E-state index is -0.560. The molecule has 0 aliphatic heterocycles. The zero-order valence-electron chi connectivity index (χ0n) is 12.5. The molecule has 2 heterocycles. The molecule has 3 aromatic rings. The van der Waals surface area contributed by atoms with Gasteiger partial charge in [0.1, 0.15) is 22.7 Å². The number of carbonyl (C=O) groups is 2. The summed E-state index contributed by atoms with van der Waals surface area (Å²) in [6, 6.07) is 6.22. The molecule has 0 saturated heterocycles. The molecule has 2 N–H and O–H groups in total. The van der Waals surface area contributed by atoms with Gasteiger partial charge in [0.2, 0.25) is 0 Å². The number of benzene rings is 1. The summed E-state index contributed by atoms with van der Waals surface area (Å²) >= 11 is 0. The number of carbonyl (C=O) groups excluding carboxylic acids is 2. The van der Waals surface area contributed by atoms with Gasteiger partial charge < -0.3 is 19.6 Å². The Hall–Kier alpha value is -3.09. The maximum absolute atomic E-state index is 11.8. The second-order valence-electron chi connectivity index (χ2n) is 4.85. The SMILES string of the molecule is CCOC(=O)c1ccc2c(n1)c(O)cc1cc(C(=O)OC)[nH]c12. The van der Waals surface area contributed by atoms with Crippen molar-refractivity contribution in [3.63, 3.8) is 0 Å². The van der Waals surface area contributed by atoms with Gasteiger partial charge in [-0.1, -0.05) is 0 Å². The number of phenols is 1. The van der Waals surface area contributed by atoms with Crippen LogP contribution in [0.3, 0.4) is 0 Å². The number of ether oxygens (including phenoxy) is 2. The highest BCUT2D eigenvalue weighted by Gasteiger charge is 2.16. The largest absolute Gasteiger partial charge is 0.506 e. The van der Waals surface area contributed by atoms with E-state index < -0.39 is 11.9 Å². The molecule has 7 heteroatoms. The minimum Gasteiger partial charge on any atom is -0.506 e. The van der Waals surface area contributed by atoms with E-state index in [1.165, 1.54) is 19.2 Å². The molecule has 0 aliphatic carbocycles. The lowest BCUT2D eigenvalue weighted by molar-refractivity contribution is 0.0519. The summed E-state index contributed by atoms with van der Waals surface area (Å²) in [5, 5.41) is 11.4. The van der Waals surface area contributed by atoms with Crippen LogP contribution in [0.15, 0.2) is 24.3 Å². The van der Waals surface area contributed by atoms with Crippen LogP contribution in [0.1, 0.15) is 27.9 Å². The van der Waals surface area contributed by atoms with Crippen LogP contribution < -0.4 is 0 Å². The van der Waals surface area contributed by atoms with Crippen molar-refractivity contribution < 1.29 is 24.2 Å². The number of pyridine rings is 1. The van der Waals surface area contributed by atoms with Crippen LogP contribution in [0.4, 0.5) is 0 Å². The standard InChI is InChI=1S/C16H14N2O5/c1-3-23-16(21)10-5-4-9-13-8(7-12(19)14(9)17-10)6-11(18-13)15(20)22-2/h4-7,18-19H,3H2,1-2H3. The highest BCUT2D eigenvalue weighted by atomic mass is 16.5. The maximum Gasteiger partial charge on any atom is 0.356 e. The molecule has 0 aliphatic rings. The van der Waals surface area contributed by atoms with E-state index in [1.807, 2.05) is 0 Å². The quantitative estimate of drug-likeness (QED) is 0.720. The van der Waals surface area contributed by atoms with E-state index >= 15 is 0 Å². The van der Waals surface area contributed by atoms with Gasteiger partial charge >= 0.3 is 11.9 Å². The maximum atomic E-state index is 11.8. The Balaban J connectivity index is 2.21. The van der Waals surface area contributed by atoms with E-state index in [0.29, 0.717) is 16.3 Å². The fourth-order valence-corrected chi connectivity index (χ4v) is 2.42. The molecule has 2 aromatic heterocycles. The number of H-pyrrole nitrogens is 1. The number of rotatable bonds is 3. The first-order chi connectivity index (χ1) is 11.0. The summed E-state index contributed by atoms with van der Waals surface area (Å²) in [4.78, 5) is 30.5. The van der Waals surface area contributed by atoms with Crippen LogP contribution >= 0.6 is 0 Å². The molecule has 0 radical (unpaired) electrons. The first kappa shape index (κ1) is 14.8. The fraction of sp³-hybridized carbons (Fsp3) is 0.188. The van der Waals surface area contributed by atoms with Crippen molar-refractivity contribution in [2.24, 2.45) is 0 Å². The smallest absolute Gasteiger partial charge is 0.356 e. The van der Waals surface area contributed by atoms with Crippen LogP contribution in [-0.2, 0) is 9.47 Å². The topological polar surface area (TPSA) is 102 Å². The van der Waals surface area contributed by atoms with Gasteiger partial charge in [-0.05, 0) is 31.2 Å². The van der Waals surface area contributed by atoms with Gasteiger partial charge in [0.15, 0.2) is 0 Å². The van der Waals surface area contributed by atoms with Crippen LogP contribution in [-0.4, -0.2) is 40.7 Å². The zero-order chi connectivity index (χ0) is 16.6.